The van der Waals surface area contributed by atoms with Crippen molar-refractivity contribution in [3.05, 3.63) is 46.2 Å². The van der Waals surface area contributed by atoms with E-state index in [2.05, 4.69) is 17.1 Å². The largest absolute Gasteiger partial charge is 0.324 e. The van der Waals surface area contributed by atoms with E-state index in [-0.39, 0.29) is 4.90 Å². The molecule has 0 spiro atoms. The van der Waals surface area contributed by atoms with Crippen molar-refractivity contribution in [3.63, 3.8) is 0 Å². The van der Waals surface area contributed by atoms with Crippen molar-refractivity contribution < 1.29 is 8.42 Å². The number of sulfonamides is 1. The summed E-state index contributed by atoms with van der Waals surface area (Å²) in [6.07, 6.45) is 0.900. The monoisotopic (exact) mass is 311 g/mol. The first-order chi connectivity index (χ1) is 9.56. The van der Waals surface area contributed by atoms with Gasteiger partial charge in [-0.3, -0.25) is 5.84 Å². The maximum Gasteiger partial charge on any atom is 0.240 e. The van der Waals surface area contributed by atoms with Crippen molar-refractivity contribution in [1.29, 1.82) is 0 Å². The minimum absolute atomic E-state index is 0.228. The highest BCUT2D eigenvalue weighted by Gasteiger charge is 2.14. The fourth-order valence-electron chi connectivity index (χ4n) is 1.81. The zero-order valence-electron chi connectivity index (χ0n) is 11.1. The molecule has 0 fully saturated rings. The molecule has 1 aromatic carbocycles. The maximum atomic E-state index is 12.2. The lowest BCUT2D eigenvalue weighted by Gasteiger charge is -2.08. The summed E-state index contributed by atoms with van der Waals surface area (Å²) >= 11 is 1.56. The Labute approximate surface area is 122 Å². The third-order valence-corrected chi connectivity index (χ3v) is 5.35. The van der Waals surface area contributed by atoms with E-state index in [1.54, 1.807) is 23.5 Å². The Bertz CT molecular complexity index is 663. The molecule has 0 aliphatic rings. The Kier molecular flexibility index (Phi) is 4.77. The molecule has 0 amide bonds. The first-order valence-electron chi connectivity index (χ1n) is 6.18. The van der Waals surface area contributed by atoms with Crippen LogP contribution in [0.1, 0.15) is 17.4 Å². The van der Waals surface area contributed by atoms with Crippen molar-refractivity contribution in [2.75, 3.05) is 5.43 Å². The van der Waals surface area contributed by atoms with E-state index < -0.39 is 10.0 Å². The summed E-state index contributed by atoms with van der Waals surface area (Å²) in [4.78, 5) is 1.28. The van der Waals surface area contributed by atoms with Gasteiger partial charge in [-0.25, -0.2) is 13.1 Å². The SMILES string of the molecule is CCc1ccsc1CNS(=O)(=O)c1ccc(NN)cc1. The van der Waals surface area contributed by atoms with Gasteiger partial charge < -0.3 is 5.43 Å². The number of benzene rings is 1. The minimum atomic E-state index is -3.50. The predicted octanol–water partition coefficient (Wildman–Crippen LogP) is 2.07. The lowest BCUT2D eigenvalue weighted by molar-refractivity contribution is 0.581. The summed E-state index contributed by atoms with van der Waals surface area (Å²) in [6, 6.07) is 8.31. The van der Waals surface area contributed by atoms with Gasteiger partial charge in [-0.2, -0.15) is 0 Å². The van der Waals surface area contributed by atoms with Crippen LogP contribution in [0.2, 0.25) is 0 Å². The molecule has 0 atom stereocenters. The molecule has 0 aliphatic carbocycles. The lowest BCUT2D eigenvalue weighted by atomic mass is 10.2. The smallest absolute Gasteiger partial charge is 0.240 e. The zero-order chi connectivity index (χ0) is 14.6. The maximum absolute atomic E-state index is 12.2. The summed E-state index contributed by atoms with van der Waals surface area (Å²) in [6.45, 7) is 2.37. The summed E-state index contributed by atoms with van der Waals surface area (Å²) in [5.74, 6) is 5.25. The number of thiophene rings is 1. The van der Waals surface area contributed by atoms with Crippen LogP contribution in [0.3, 0.4) is 0 Å². The lowest BCUT2D eigenvalue weighted by Crippen LogP contribution is -2.23. The Morgan fingerprint density at radius 2 is 1.90 bits per heavy atom. The number of rotatable bonds is 6. The molecule has 4 N–H and O–H groups in total. The first kappa shape index (κ1) is 15.0. The van der Waals surface area contributed by atoms with Crippen LogP contribution in [0.5, 0.6) is 0 Å². The van der Waals surface area contributed by atoms with Gasteiger partial charge in [0.05, 0.1) is 4.90 Å². The van der Waals surface area contributed by atoms with Crippen LogP contribution in [-0.4, -0.2) is 8.42 Å². The van der Waals surface area contributed by atoms with E-state index in [1.807, 2.05) is 11.4 Å². The van der Waals surface area contributed by atoms with Crippen LogP contribution in [0, 0.1) is 0 Å². The van der Waals surface area contributed by atoms with Crippen molar-refractivity contribution in [2.24, 2.45) is 5.84 Å². The van der Waals surface area contributed by atoms with Crippen LogP contribution in [-0.2, 0) is 23.0 Å². The number of nitrogens with one attached hydrogen (secondary N) is 2. The second-order valence-electron chi connectivity index (χ2n) is 4.22. The van der Waals surface area contributed by atoms with Gasteiger partial charge in [0.1, 0.15) is 0 Å². The summed E-state index contributed by atoms with van der Waals surface area (Å²) < 4.78 is 27.0. The quantitative estimate of drug-likeness (QED) is 0.563. The van der Waals surface area contributed by atoms with Crippen LogP contribution >= 0.6 is 11.3 Å². The molecule has 2 aromatic rings. The zero-order valence-corrected chi connectivity index (χ0v) is 12.7. The van der Waals surface area contributed by atoms with E-state index in [0.717, 1.165) is 11.3 Å². The topological polar surface area (TPSA) is 84.2 Å². The van der Waals surface area contributed by atoms with Crippen molar-refractivity contribution in [2.45, 2.75) is 24.8 Å². The average Bonchev–Trinajstić information content (AvgIpc) is 2.93. The van der Waals surface area contributed by atoms with Crippen LogP contribution < -0.4 is 16.0 Å². The molecule has 0 unspecified atom stereocenters. The number of hydrogen-bond acceptors (Lipinski definition) is 5. The summed E-state index contributed by atoms with van der Waals surface area (Å²) in [7, 11) is -3.50. The van der Waals surface area contributed by atoms with E-state index in [1.165, 1.54) is 17.7 Å². The first-order valence-corrected chi connectivity index (χ1v) is 8.54. The number of nitrogen functional groups attached to an aromatic ring is 1. The van der Waals surface area contributed by atoms with E-state index in [9.17, 15) is 8.42 Å². The Hall–Kier alpha value is -1.41. The third kappa shape index (κ3) is 3.37. The number of hydrogen-bond donors (Lipinski definition) is 3. The molecule has 0 saturated heterocycles. The molecule has 0 saturated carbocycles. The summed E-state index contributed by atoms with van der Waals surface area (Å²) in [5, 5.41) is 1.98. The minimum Gasteiger partial charge on any atom is -0.324 e. The number of hydrazine groups is 1. The van der Waals surface area contributed by atoms with Gasteiger partial charge in [0.15, 0.2) is 0 Å². The van der Waals surface area contributed by atoms with Gasteiger partial charge >= 0.3 is 0 Å². The Balaban J connectivity index is 2.10. The van der Waals surface area contributed by atoms with Gasteiger partial charge in [-0.15, -0.1) is 11.3 Å². The molecule has 7 heteroatoms. The second-order valence-corrected chi connectivity index (χ2v) is 6.98. The standard InChI is InChI=1S/C13H17N3O2S2/c1-2-10-7-8-19-13(10)9-15-20(17,18)12-5-3-11(16-14)4-6-12/h3-8,15-16H,2,9,14H2,1H3. The third-order valence-electron chi connectivity index (χ3n) is 2.97. The molecule has 0 radical (unpaired) electrons. The Morgan fingerprint density at radius 1 is 1.20 bits per heavy atom. The van der Waals surface area contributed by atoms with Crippen molar-refractivity contribution in [1.82, 2.24) is 4.72 Å². The fourth-order valence-corrected chi connectivity index (χ4v) is 3.81. The molecule has 0 aliphatic heterocycles. The van der Waals surface area contributed by atoms with E-state index in [0.29, 0.717) is 12.2 Å². The molecule has 108 valence electrons. The van der Waals surface area contributed by atoms with Crippen molar-refractivity contribution in [3.8, 4) is 0 Å². The van der Waals surface area contributed by atoms with Crippen LogP contribution in [0.4, 0.5) is 5.69 Å². The predicted molar refractivity (Wildman–Crippen MR) is 82.0 cm³/mol. The average molecular weight is 311 g/mol. The van der Waals surface area contributed by atoms with Gasteiger partial charge in [0, 0.05) is 17.1 Å². The van der Waals surface area contributed by atoms with Crippen molar-refractivity contribution >= 4 is 27.0 Å². The Morgan fingerprint density at radius 3 is 2.50 bits per heavy atom. The molecular weight excluding hydrogens is 294 g/mol. The van der Waals surface area contributed by atoms with Gasteiger partial charge in [0.25, 0.3) is 0 Å². The highest BCUT2D eigenvalue weighted by molar-refractivity contribution is 7.89. The van der Waals surface area contributed by atoms with Gasteiger partial charge in [-0.05, 0) is 47.7 Å². The normalized spacial score (nSPS) is 11.5. The summed E-state index contributed by atoms with van der Waals surface area (Å²) in [5.41, 5.74) is 4.30. The number of anilines is 1. The molecule has 1 heterocycles. The molecule has 1 aromatic heterocycles. The number of aryl methyl sites for hydroxylation is 1. The molecular formula is C13H17N3O2S2. The van der Waals surface area contributed by atoms with Crippen LogP contribution in [0.25, 0.3) is 0 Å². The fraction of sp³-hybridized carbons (Fsp3) is 0.231. The van der Waals surface area contributed by atoms with E-state index in [4.69, 9.17) is 5.84 Å². The van der Waals surface area contributed by atoms with Crippen LogP contribution in [0.15, 0.2) is 40.6 Å². The molecule has 2 rings (SSSR count). The number of nitrogens with two attached hydrogens (primary N) is 1. The van der Waals surface area contributed by atoms with Gasteiger partial charge in [0.2, 0.25) is 10.0 Å². The molecule has 20 heavy (non-hydrogen) atoms. The van der Waals surface area contributed by atoms with E-state index >= 15 is 0 Å². The second kappa shape index (κ2) is 6.36. The van der Waals surface area contributed by atoms with Gasteiger partial charge in [-0.1, -0.05) is 6.92 Å². The highest BCUT2D eigenvalue weighted by Crippen LogP contribution is 2.19. The molecule has 5 nitrogen and oxygen atoms in total. The molecule has 0 bridgehead atoms. The highest BCUT2D eigenvalue weighted by atomic mass is 32.2.